The lowest BCUT2D eigenvalue weighted by atomic mass is 10.2. The van der Waals surface area contributed by atoms with E-state index in [-0.39, 0.29) is 25.3 Å². The molecule has 1 saturated carbocycles. The molecule has 1 atom stereocenters. The number of nitrogens with one attached hydrogen (secondary N) is 1. The topological polar surface area (TPSA) is 73.9 Å². The summed E-state index contributed by atoms with van der Waals surface area (Å²) in [7, 11) is 0. The van der Waals surface area contributed by atoms with Gasteiger partial charge in [0, 0.05) is 6.04 Å². The van der Waals surface area contributed by atoms with Gasteiger partial charge in [0.05, 0.1) is 5.56 Å². The molecule has 1 fully saturated rings. The van der Waals surface area contributed by atoms with Crippen LogP contribution >= 0.6 is 0 Å². The number of amides is 1. The van der Waals surface area contributed by atoms with E-state index in [1.807, 2.05) is 6.92 Å². The number of rotatable bonds is 5. The van der Waals surface area contributed by atoms with Crippen molar-refractivity contribution in [2.45, 2.75) is 25.8 Å². The van der Waals surface area contributed by atoms with E-state index in [1.165, 1.54) is 0 Å². The zero-order valence-corrected chi connectivity index (χ0v) is 11.8. The molecular weight excluding hydrogens is 274 g/mol. The second-order valence-electron chi connectivity index (χ2n) is 5.34. The van der Waals surface area contributed by atoms with E-state index in [0.29, 0.717) is 23.0 Å². The minimum absolute atomic E-state index is 0.141. The first-order chi connectivity index (χ1) is 10.1. The maximum atomic E-state index is 11.9. The largest absolute Gasteiger partial charge is 0.454 e. The van der Waals surface area contributed by atoms with Crippen LogP contribution in [0.1, 0.15) is 30.1 Å². The van der Waals surface area contributed by atoms with Gasteiger partial charge in [-0.2, -0.15) is 0 Å². The van der Waals surface area contributed by atoms with Crippen LogP contribution in [0.25, 0.3) is 0 Å². The molecule has 6 heteroatoms. The summed E-state index contributed by atoms with van der Waals surface area (Å²) >= 11 is 0. The number of ether oxygens (including phenoxy) is 3. The van der Waals surface area contributed by atoms with Crippen molar-refractivity contribution in [2.24, 2.45) is 5.92 Å². The lowest BCUT2D eigenvalue weighted by molar-refractivity contribution is -0.124. The SMILES string of the molecule is C[C@@H](NC(=O)COC(=O)c1ccc2c(c1)OCO2)C1CC1. The number of hydrogen-bond acceptors (Lipinski definition) is 5. The van der Waals surface area contributed by atoms with Crippen molar-refractivity contribution in [1.82, 2.24) is 5.32 Å². The quantitative estimate of drug-likeness (QED) is 0.832. The molecule has 1 N–H and O–H groups in total. The van der Waals surface area contributed by atoms with Crippen LogP contribution in [0.3, 0.4) is 0 Å². The first-order valence-electron chi connectivity index (χ1n) is 6.99. The summed E-state index contributed by atoms with van der Waals surface area (Å²) in [6.45, 7) is 1.84. The van der Waals surface area contributed by atoms with Gasteiger partial charge >= 0.3 is 5.97 Å². The van der Waals surface area contributed by atoms with Gasteiger partial charge in [-0.3, -0.25) is 4.79 Å². The molecule has 6 nitrogen and oxygen atoms in total. The fraction of sp³-hybridized carbons (Fsp3) is 0.467. The molecule has 0 spiro atoms. The molecule has 21 heavy (non-hydrogen) atoms. The third kappa shape index (κ3) is 3.26. The van der Waals surface area contributed by atoms with Gasteiger partial charge in [0.2, 0.25) is 6.79 Å². The fourth-order valence-electron chi connectivity index (χ4n) is 2.25. The first-order valence-corrected chi connectivity index (χ1v) is 6.99. The lowest BCUT2D eigenvalue weighted by Gasteiger charge is -2.12. The number of hydrogen-bond donors (Lipinski definition) is 1. The zero-order chi connectivity index (χ0) is 14.8. The Hall–Kier alpha value is -2.24. The Morgan fingerprint density at radius 2 is 2.10 bits per heavy atom. The van der Waals surface area contributed by atoms with Crippen molar-refractivity contribution in [3.8, 4) is 11.5 Å². The smallest absolute Gasteiger partial charge is 0.338 e. The minimum atomic E-state index is -0.553. The maximum Gasteiger partial charge on any atom is 0.338 e. The molecule has 1 aliphatic carbocycles. The molecule has 1 aromatic carbocycles. The number of fused-ring (bicyclic) bond motifs is 1. The van der Waals surface area contributed by atoms with Gasteiger partial charge in [-0.1, -0.05) is 0 Å². The molecular formula is C15H17NO5. The molecule has 1 aliphatic heterocycles. The standard InChI is InChI=1S/C15H17NO5/c1-9(10-2-3-10)16-14(17)7-19-15(18)11-4-5-12-13(6-11)21-8-20-12/h4-6,9-10H,2-3,7-8H2,1H3,(H,16,17)/t9-/m1/s1. The van der Waals surface area contributed by atoms with Gasteiger partial charge < -0.3 is 19.5 Å². The monoisotopic (exact) mass is 291 g/mol. The Balaban J connectivity index is 1.50. The summed E-state index contributed by atoms with van der Waals surface area (Å²) in [6.07, 6.45) is 2.30. The molecule has 0 saturated heterocycles. The van der Waals surface area contributed by atoms with Crippen molar-refractivity contribution >= 4 is 11.9 Å². The van der Waals surface area contributed by atoms with Crippen LogP contribution in [0.5, 0.6) is 11.5 Å². The number of benzene rings is 1. The summed E-state index contributed by atoms with van der Waals surface area (Å²) in [5.41, 5.74) is 0.335. The molecule has 1 heterocycles. The van der Waals surface area contributed by atoms with E-state index in [0.717, 1.165) is 12.8 Å². The molecule has 0 bridgehead atoms. The van der Waals surface area contributed by atoms with Crippen LogP contribution in [-0.4, -0.2) is 31.3 Å². The van der Waals surface area contributed by atoms with Crippen LogP contribution in [0.4, 0.5) is 0 Å². The van der Waals surface area contributed by atoms with Crippen molar-refractivity contribution in [3.05, 3.63) is 23.8 Å². The average molecular weight is 291 g/mol. The summed E-state index contributed by atoms with van der Waals surface area (Å²) in [5, 5.41) is 2.83. The van der Waals surface area contributed by atoms with E-state index in [4.69, 9.17) is 14.2 Å². The molecule has 0 aromatic heterocycles. The molecule has 1 aromatic rings. The van der Waals surface area contributed by atoms with E-state index >= 15 is 0 Å². The van der Waals surface area contributed by atoms with Crippen molar-refractivity contribution in [1.29, 1.82) is 0 Å². The first kappa shape index (κ1) is 13.7. The van der Waals surface area contributed by atoms with E-state index in [1.54, 1.807) is 18.2 Å². The van der Waals surface area contributed by atoms with E-state index in [2.05, 4.69) is 5.32 Å². The molecule has 1 amide bonds. The Kier molecular flexibility index (Phi) is 3.68. The highest BCUT2D eigenvalue weighted by Crippen LogP contribution is 2.33. The van der Waals surface area contributed by atoms with Crippen LogP contribution in [0.15, 0.2) is 18.2 Å². The van der Waals surface area contributed by atoms with Crippen molar-refractivity contribution < 1.29 is 23.8 Å². The summed E-state index contributed by atoms with van der Waals surface area (Å²) in [6, 6.07) is 4.92. The second-order valence-corrected chi connectivity index (χ2v) is 5.34. The second kappa shape index (κ2) is 5.63. The highest BCUT2D eigenvalue weighted by atomic mass is 16.7. The van der Waals surface area contributed by atoms with Gasteiger partial charge in [-0.15, -0.1) is 0 Å². The predicted octanol–water partition coefficient (Wildman–Crippen LogP) is 1.49. The Morgan fingerprint density at radius 1 is 1.33 bits per heavy atom. The molecule has 0 radical (unpaired) electrons. The predicted molar refractivity (Wildman–Crippen MR) is 73.2 cm³/mol. The van der Waals surface area contributed by atoms with Crippen LogP contribution in [0, 0.1) is 5.92 Å². The third-order valence-corrected chi connectivity index (χ3v) is 3.66. The van der Waals surface area contributed by atoms with Crippen molar-refractivity contribution in [3.63, 3.8) is 0 Å². The van der Waals surface area contributed by atoms with E-state index < -0.39 is 5.97 Å². The molecule has 2 aliphatic rings. The maximum absolute atomic E-state index is 11.9. The molecule has 3 rings (SSSR count). The number of carbonyl (C=O) groups is 2. The van der Waals surface area contributed by atoms with Gasteiger partial charge in [0.25, 0.3) is 5.91 Å². The van der Waals surface area contributed by atoms with Gasteiger partial charge in [0.15, 0.2) is 18.1 Å². The summed E-state index contributed by atoms with van der Waals surface area (Å²) in [5.74, 6) is 0.850. The normalized spacial score (nSPS) is 17.2. The zero-order valence-electron chi connectivity index (χ0n) is 11.8. The van der Waals surface area contributed by atoms with E-state index in [9.17, 15) is 9.59 Å². The van der Waals surface area contributed by atoms with Crippen molar-refractivity contribution in [2.75, 3.05) is 13.4 Å². The minimum Gasteiger partial charge on any atom is -0.454 e. The number of carbonyl (C=O) groups excluding carboxylic acids is 2. The van der Waals surface area contributed by atoms with Crippen LogP contribution < -0.4 is 14.8 Å². The highest BCUT2D eigenvalue weighted by molar-refractivity contribution is 5.92. The number of esters is 1. The lowest BCUT2D eigenvalue weighted by Crippen LogP contribution is -2.37. The Bertz CT molecular complexity index is 567. The molecule has 0 unspecified atom stereocenters. The van der Waals surface area contributed by atoms with Crippen LogP contribution in [-0.2, 0) is 9.53 Å². The Morgan fingerprint density at radius 3 is 2.86 bits per heavy atom. The van der Waals surface area contributed by atoms with Gasteiger partial charge in [-0.25, -0.2) is 4.79 Å². The summed E-state index contributed by atoms with van der Waals surface area (Å²) in [4.78, 5) is 23.6. The highest BCUT2D eigenvalue weighted by Gasteiger charge is 2.29. The fourth-order valence-corrected chi connectivity index (χ4v) is 2.25. The third-order valence-electron chi connectivity index (χ3n) is 3.66. The summed E-state index contributed by atoms with van der Waals surface area (Å²) < 4.78 is 15.4. The molecule has 112 valence electrons. The van der Waals surface area contributed by atoms with Crippen LogP contribution in [0.2, 0.25) is 0 Å². The average Bonchev–Trinajstić information content (AvgIpc) is 3.22. The Labute approximate surface area is 122 Å². The van der Waals surface area contributed by atoms with Gasteiger partial charge in [-0.05, 0) is 43.9 Å². The van der Waals surface area contributed by atoms with Gasteiger partial charge in [0.1, 0.15) is 0 Å².